The van der Waals surface area contributed by atoms with Gasteiger partial charge in [-0.25, -0.2) is 0 Å². The molecule has 2 aromatic rings. The molecule has 0 amide bonds. The van der Waals surface area contributed by atoms with Crippen LogP contribution in [0.2, 0.25) is 0 Å². The second kappa shape index (κ2) is 11.2. The van der Waals surface area contributed by atoms with Gasteiger partial charge in [-0.15, -0.1) is 0 Å². The SMILES string of the molecule is Cc1cc(C)c([S-](=O)=O)c(C)c1.N#Cc1ccc(NC(N)=S)cc1.[Na+]. The maximum absolute atomic E-state index is 10.8. The second-order valence-electron chi connectivity index (χ2n) is 5.14. The van der Waals surface area contributed by atoms with Crippen LogP contribution in [0.3, 0.4) is 0 Å². The van der Waals surface area contributed by atoms with Gasteiger partial charge in [0.05, 0.1) is 11.6 Å². The van der Waals surface area contributed by atoms with Gasteiger partial charge in [-0.05, 0) is 68.0 Å². The fourth-order valence-electron chi connectivity index (χ4n) is 2.20. The van der Waals surface area contributed by atoms with Crippen LogP contribution in [0.1, 0.15) is 22.3 Å². The van der Waals surface area contributed by atoms with E-state index in [9.17, 15) is 8.42 Å². The zero-order valence-corrected chi connectivity index (χ0v) is 18.3. The van der Waals surface area contributed by atoms with E-state index in [2.05, 4.69) is 17.5 Å². The minimum Gasteiger partial charge on any atom is -0.420 e. The molecule has 0 heterocycles. The van der Waals surface area contributed by atoms with Crippen LogP contribution in [0, 0.1) is 32.1 Å². The average Bonchev–Trinajstić information content (AvgIpc) is 2.46. The van der Waals surface area contributed by atoms with Crippen LogP contribution >= 0.6 is 12.2 Å². The molecule has 0 radical (unpaired) electrons. The Kier molecular flexibility index (Phi) is 10.6. The zero-order valence-electron chi connectivity index (χ0n) is 14.6. The van der Waals surface area contributed by atoms with Crippen molar-refractivity contribution in [3.8, 4) is 6.07 Å². The summed E-state index contributed by atoms with van der Waals surface area (Å²) >= 11 is 4.64. The maximum atomic E-state index is 10.8. The van der Waals surface area contributed by atoms with Crippen LogP contribution in [-0.2, 0) is 19.1 Å². The van der Waals surface area contributed by atoms with Crippen molar-refractivity contribution in [2.75, 3.05) is 5.32 Å². The van der Waals surface area contributed by atoms with E-state index >= 15 is 0 Å². The number of nitrogens with one attached hydrogen (secondary N) is 1. The third-order valence-electron chi connectivity index (χ3n) is 3.05. The zero-order chi connectivity index (χ0) is 18.3. The van der Waals surface area contributed by atoms with Crippen LogP contribution in [0.25, 0.3) is 0 Å². The van der Waals surface area contributed by atoms with Crippen molar-refractivity contribution in [3.05, 3.63) is 58.7 Å². The van der Waals surface area contributed by atoms with E-state index in [1.807, 2.05) is 39.0 Å². The van der Waals surface area contributed by atoms with E-state index in [-0.39, 0.29) is 34.7 Å². The number of benzene rings is 2. The molecule has 0 aromatic heterocycles. The van der Waals surface area contributed by atoms with Crippen molar-refractivity contribution in [1.29, 1.82) is 5.26 Å². The van der Waals surface area contributed by atoms with E-state index in [0.717, 1.165) is 22.4 Å². The summed E-state index contributed by atoms with van der Waals surface area (Å²) in [7, 11) is -2.11. The maximum Gasteiger partial charge on any atom is 1.00 e. The van der Waals surface area contributed by atoms with Gasteiger partial charge in [0.15, 0.2) is 5.11 Å². The molecule has 2 aromatic carbocycles. The number of rotatable bonds is 2. The second-order valence-corrected chi connectivity index (χ2v) is 6.46. The van der Waals surface area contributed by atoms with E-state index in [0.29, 0.717) is 10.5 Å². The summed E-state index contributed by atoms with van der Waals surface area (Å²) in [4.78, 5) is 0.431. The summed E-state index contributed by atoms with van der Waals surface area (Å²) in [5.74, 6) is 0. The third kappa shape index (κ3) is 7.99. The van der Waals surface area contributed by atoms with Gasteiger partial charge in [0.2, 0.25) is 0 Å². The number of aryl methyl sites for hydroxylation is 3. The van der Waals surface area contributed by atoms with Gasteiger partial charge in [-0.3, -0.25) is 0 Å². The molecule has 0 bridgehead atoms. The van der Waals surface area contributed by atoms with Crippen LogP contribution < -0.4 is 40.6 Å². The Hall–Kier alpha value is -1.43. The Balaban J connectivity index is 0.000000443. The smallest absolute Gasteiger partial charge is 0.420 e. The minimum absolute atomic E-state index is 0. The van der Waals surface area contributed by atoms with Crippen molar-refractivity contribution in [2.45, 2.75) is 25.7 Å². The molecule has 0 spiro atoms. The molecule has 0 aliphatic heterocycles. The standard InChI is InChI=1S/C9H11O2S.C8H7N3S.Na/c1-6-4-7(2)9(12(10)11)8(3)5-6;9-5-6-1-3-7(4-2-6)11-8(10)12;/h4-5H,1-3H3;1-4H,(H3,10,11,12);/q-1;;+1. The Bertz CT molecular complexity index is 826. The summed E-state index contributed by atoms with van der Waals surface area (Å²) < 4.78 is 21.5. The van der Waals surface area contributed by atoms with Gasteiger partial charge < -0.3 is 19.5 Å². The molecule has 3 N–H and O–H groups in total. The van der Waals surface area contributed by atoms with Crippen LogP contribution in [-0.4, -0.2) is 5.11 Å². The average molecular weight is 383 g/mol. The first kappa shape index (κ1) is 23.6. The topological polar surface area (TPSA) is 96.0 Å². The van der Waals surface area contributed by atoms with Gasteiger partial charge >= 0.3 is 29.6 Å². The summed E-state index contributed by atoms with van der Waals surface area (Å²) in [5.41, 5.74) is 9.39. The van der Waals surface area contributed by atoms with E-state index in [1.54, 1.807) is 24.3 Å². The molecule has 0 atom stereocenters. The first-order valence-electron chi connectivity index (χ1n) is 6.98. The van der Waals surface area contributed by atoms with Crippen molar-refractivity contribution in [1.82, 2.24) is 0 Å². The molecule has 25 heavy (non-hydrogen) atoms. The van der Waals surface area contributed by atoms with Crippen molar-refractivity contribution in [3.63, 3.8) is 0 Å². The molecule has 0 unspecified atom stereocenters. The number of thiocarbonyl (C=S) groups is 1. The van der Waals surface area contributed by atoms with E-state index in [1.165, 1.54) is 0 Å². The number of hydrogen-bond donors (Lipinski definition) is 2. The summed E-state index contributed by atoms with van der Waals surface area (Å²) in [6.07, 6.45) is 0. The van der Waals surface area contributed by atoms with Crippen LogP contribution in [0.15, 0.2) is 41.3 Å². The van der Waals surface area contributed by atoms with E-state index in [4.69, 9.17) is 11.0 Å². The first-order valence-corrected chi connectivity index (χ1v) is 8.46. The summed E-state index contributed by atoms with van der Waals surface area (Å²) in [6.45, 7) is 5.58. The van der Waals surface area contributed by atoms with Gasteiger partial charge in [-0.2, -0.15) is 5.26 Å². The molecule has 8 heteroatoms. The van der Waals surface area contributed by atoms with Gasteiger partial charge in [0.1, 0.15) is 0 Å². The van der Waals surface area contributed by atoms with E-state index < -0.39 is 10.7 Å². The van der Waals surface area contributed by atoms with Crippen LogP contribution in [0.4, 0.5) is 5.69 Å². The molecular weight excluding hydrogens is 365 g/mol. The Morgan fingerprint density at radius 1 is 1.12 bits per heavy atom. The fraction of sp³-hybridized carbons (Fsp3) is 0.176. The molecule has 126 valence electrons. The molecule has 0 fully saturated rings. The summed E-state index contributed by atoms with van der Waals surface area (Å²) in [6, 6.07) is 12.6. The van der Waals surface area contributed by atoms with Crippen molar-refractivity contribution in [2.24, 2.45) is 5.73 Å². The Morgan fingerprint density at radius 2 is 1.60 bits per heavy atom. The monoisotopic (exact) mass is 383 g/mol. The number of nitrogens with two attached hydrogens (primary N) is 1. The number of nitriles is 1. The largest absolute Gasteiger partial charge is 1.00 e. The third-order valence-corrected chi connectivity index (χ3v) is 4.13. The predicted molar refractivity (Wildman–Crippen MR) is 99.2 cm³/mol. The molecule has 0 saturated heterocycles. The van der Waals surface area contributed by atoms with Crippen LogP contribution in [0.5, 0.6) is 0 Å². The molecule has 0 aliphatic carbocycles. The number of nitrogens with zero attached hydrogens (tertiary/aromatic N) is 1. The van der Waals surface area contributed by atoms with Crippen molar-refractivity contribution < 1.29 is 38.0 Å². The van der Waals surface area contributed by atoms with Gasteiger partial charge in [0.25, 0.3) is 0 Å². The Morgan fingerprint density at radius 3 is 1.96 bits per heavy atom. The first-order chi connectivity index (χ1) is 11.2. The Labute approximate surface area is 177 Å². The van der Waals surface area contributed by atoms with Gasteiger partial charge in [0, 0.05) is 5.69 Å². The molecule has 0 aliphatic rings. The number of anilines is 1. The molecule has 5 nitrogen and oxygen atoms in total. The summed E-state index contributed by atoms with van der Waals surface area (Å²) in [5, 5.41) is 11.5. The minimum atomic E-state index is -2.11. The molecular formula is C17H18N3NaO2S2. The number of hydrogen-bond acceptors (Lipinski definition) is 5. The van der Waals surface area contributed by atoms with Gasteiger partial charge in [-0.1, -0.05) is 33.7 Å². The normalized spacial score (nSPS) is 9.24. The predicted octanol–water partition coefficient (Wildman–Crippen LogP) is 0.498. The van der Waals surface area contributed by atoms with Crippen molar-refractivity contribution >= 4 is 33.7 Å². The quantitative estimate of drug-likeness (QED) is 0.445. The fourth-order valence-corrected chi connectivity index (χ4v) is 2.96. The molecule has 2 rings (SSSR count). The molecule has 0 saturated carbocycles.